The number of nitrogens with one attached hydrogen (secondary N) is 1. The van der Waals surface area contributed by atoms with E-state index in [0.29, 0.717) is 0 Å². The van der Waals surface area contributed by atoms with E-state index < -0.39 is 24.7 Å². The van der Waals surface area contributed by atoms with Gasteiger partial charge < -0.3 is 5.11 Å². The summed E-state index contributed by atoms with van der Waals surface area (Å²) in [7, 11) is 0. The molecule has 0 aliphatic carbocycles. The number of carbonyl (C=O) groups is 2. The molecule has 0 radical (unpaired) electrons. The smallest absolute Gasteiger partial charge is 0.481 e. The fourth-order valence-corrected chi connectivity index (χ4v) is 0.288. The van der Waals surface area contributed by atoms with E-state index in [1.807, 2.05) is 0 Å². The Morgan fingerprint density at radius 2 is 1.92 bits per heavy atom. The lowest BCUT2D eigenvalue weighted by molar-refractivity contribution is -0.345. The lowest BCUT2D eigenvalue weighted by Crippen LogP contribution is -2.32. The minimum atomic E-state index is -5.01. The summed E-state index contributed by atoms with van der Waals surface area (Å²) < 4.78 is 33.5. The van der Waals surface area contributed by atoms with Gasteiger partial charge in [0.2, 0.25) is 0 Å². The average molecular weight is 187 g/mol. The van der Waals surface area contributed by atoms with Gasteiger partial charge in [-0.2, -0.15) is 4.84 Å². The molecule has 0 fully saturated rings. The SMILES string of the molecule is O=C(O)CC(=O)NOC(F)(F)F. The molecule has 0 spiro atoms. The number of hydrogen-bond acceptors (Lipinski definition) is 3. The predicted molar refractivity (Wildman–Crippen MR) is 27.5 cm³/mol. The van der Waals surface area contributed by atoms with Gasteiger partial charge in [0.15, 0.2) is 0 Å². The second-order valence-corrected chi connectivity index (χ2v) is 1.64. The number of hydroxylamine groups is 1. The fourth-order valence-electron chi connectivity index (χ4n) is 0.288. The maximum absolute atomic E-state index is 11.2. The quantitative estimate of drug-likeness (QED) is 0.482. The van der Waals surface area contributed by atoms with Gasteiger partial charge in [-0.1, -0.05) is 0 Å². The van der Waals surface area contributed by atoms with Crippen LogP contribution in [-0.4, -0.2) is 23.3 Å². The van der Waals surface area contributed by atoms with Crippen LogP contribution in [0.2, 0.25) is 0 Å². The number of amides is 1. The third-order valence-electron chi connectivity index (χ3n) is 0.592. The van der Waals surface area contributed by atoms with Crippen LogP contribution in [0.1, 0.15) is 6.42 Å². The lowest BCUT2D eigenvalue weighted by Gasteiger charge is -2.05. The van der Waals surface area contributed by atoms with E-state index in [1.54, 1.807) is 0 Å². The van der Waals surface area contributed by atoms with Crippen molar-refractivity contribution in [2.45, 2.75) is 12.8 Å². The zero-order chi connectivity index (χ0) is 9.78. The van der Waals surface area contributed by atoms with Crippen molar-refractivity contribution in [3.05, 3.63) is 0 Å². The monoisotopic (exact) mass is 187 g/mol. The summed E-state index contributed by atoms with van der Waals surface area (Å²) >= 11 is 0. The normalized spacial score (nSPS) is 10.9. The predicted octanol–water partition coefficient (Wildman–Crippen LogP) is 0.0287. The highest BCUT2D eigenvalue weighted by atomic mass is 19.4. The van der Waals surface area contributed by atoms with E-state index in [0.717, 1.165) is 5.48 Å². The molecule has 0 saturated heterocycles. The van der Waals surface area contributed by atoms with E-state index in [2.05, 4.69) is 4.84 Å². The lowest BCUT2D eigenvalue weighted by atomic mass is 10.4. The van der Waals surface area contributed by atoms with Gasteiger partial charge in [-0.05, 0) is 0 Å². The van der Waals surface area contributed by atoms with Gasteiger partial charge >= 0.3 is 12.3 Å². The van der Waals surface area contributed by atoms with Crippen molar-refractivity contribution in [2.75, 3.05) is 0 Å². The van der Waals surface area contributed by atoms with Crippen molar-refractivity contribution in [2.24, 2.45) is 0 Å². The van der Waals surface area contributed by atoms with Crippen molar-refractivity contribution in [1.29, 1.82) is 0 Å². The molecule has 0 aromatic rings. The largest absolute Gasteiger partial charge is 0.543 e. The molecular weight excluding hydrogens is 183 g/mol. The van der Waals surface area contributed by atoms with Crippen LogP contribution in [0.4, 0.5) is 13.2 Å². The Kier molecular flexibility index (Phi) is 3.48. The van der Waals surface area contributed by atoms with Crippen LogP contribution in [0.15, 0.2) is 0 Å². The van der Waals surface area contributed by atoms with Gasteiger partial charge in [0.1, 0.15) is 6.42 Å². The molecule has 0 saturated carbocycles. The molecule has 12 heavy (non-hydrogen) atoms. The van der Waals surface area contributed by atoms with E-state index in [-0.39, 0.29) is 0 Å². The van der Waals surface area contributed by atoms with Crippen molar-refractivity contribution in [3.63, 3.8) is 0 Å². The first-order chi connectivity index (χ1) is 5.31. The zero-order valence-electron chi connectivity index (χ0n) is 5.51. The Balaban J connectivity index is 3.65. The standard InChI is InChI=1S/C4H4F3NO4/c5-4(6,7)12-8-2(9)1-3(10)11/h1H2,(H,8,9)(H,10,11). The zero-order valence-corrected chi connectivity index (χ0v) is 5.51. The van der Waals surface area contributed by atoms with Crippen LogP contribution in [0.5, 0.6) is 0 Å². The summed E-state index contributed by atoms with van der Waals surface area (Å²) in [4.78, 5) is 22.7. The second-order valence-electron chi connectivity index (χ2n) is 1.64. The number of halogens is 3. The maximum Gasteiger partial charge on any atom is 0.543 e. The summed E-state index contributed by atoms with van der Waals surface area (Å²) in [6.07, 6.45) is -6.08. The van der Waals surface area contributed by atoms with Crippen LogP contribution in [0.3, 0.4) is 0 Å². The number of alkyl halides is 3. The van der Waals surface area contributed by atoms with Gasteiger partial charge in [-0.3, -0.25) is 9.59 Å². The number of hydrogen-bond donors (Lipinski definition) is 2. The van der Waals surface area contributed by atoms with Crippen LogP contribution < -0.4 is 5.48 Å². The molecule has 0 atom stereocenters. The molecule has 0 unspecified atom stereocenters. The minimum Gasteiger partial charge on any atom is -0.481 e. The highest BCUT2D eigenvalue weighted by Gasteiger charge is 2.31. The highest BCUT2D eigenvalue weighted by Crippen LogP contribution is 2.13. The summed E-state index contributed by atoms with van der Waals surface area (Å²) in [6.45, 7) is 0. The summed E-state index contributed by atoms with van der Waals surface area (Å²) in [6, 6.07) is 0. The summed E-state index contributed by atoms with van der Waals surface area (Å²) in [5.74, 6) is -2.92. The van der Waals surface area contributed by atoms with Crippen molar-refractivity contribution >= 4 is 11.9 Å². The van der Waals surface area contributed by atoms with Gasteiger partial charge in [0.25, 0.3) is 5.91 Å². The van der Waals surface area contributed by atoms with Crippen LogP contribution in [-0.2, 0) is 14.4 Å². The summed E-state index contributed by atoms with van der Waals surface area (Å²) in [5.41, 5.74) is 0.909. The number of carboxylic acid groups (broad SMARTS) is 1. The van der Waals surface area contributed by atoms with Crippen molar-refractivity contribution < 1.29 is 32.7 Å². The minimum absolute atomic E-state index is 0.909. The van der Waals surface area contributed by atoms with E-state index in [4.69, 9.17) is 5.11 Å². The highest BCUT2D eigenvalue weighted by molar-refractivity contribution is 5.92. The molecule has 0 heterocycles. The van der Waals surface area contributed by atoms with E-state index in [1.165, 1.54) is 0 Å². The molecule has 0 aromatic heterocycles. The Hall–Kier alpha value is -1.31. The van der Waals surface area contributed by atoms with Crippen molar-refractivity contribution in [3.8, 4) is 0 Å². The van der Waals surface area contributed by atoms with Crippen molar-refractivity contribution in [1.82, 2.24) is 5.48 Å². The maximum atomic E-state index is 11.2. The molecule has 5 nitrogen and oxygen atoms in total. The molecular formula is C4H4F3NO4. The Bertz CT molecular complexity index is 189. The topological polar surface area (TPSA) is 75.6 Å². The Morgan fingerprint density at radius 3 is 2.25 bits per heavy atom. The number of rotatable bonds is 3. The molecule has 0 rings (SSSR count). The molecule has 0 bridgehead atoms. The van der Waals surface area contributed by atoms with Crippen LogP contribution in [0.25, 0.3) is 0 Å². The number of carbonyl (C=O) groups excluding carboxylic acids is 1. The first-order valence-electron chi connectivity index (χ1n) is 2.56. The number of carboxylic acids is 1. The molecule has 0 aromatic carbocycles. The molecule has 0 aliphatic rings. The van der Waals surface area contributed by atoms with Gasteiger partial charge in [0, 0.05) is 0 Å². The van der Waals surface area contributed by atoms with Crippen LogP contribution >= 0.6 is 0 Å². The average Bonchev–Trinajstić information content (AvgIpc) is 1.80. The molecule has 8 heteroatoms. The third-order valence-corrected chi connectivity index (χ3v) is 0.592. The van der Waals surface area contributed by atoms with E-state index in [9.17, 15) is 22.8 Å². The Labute approximate surface area is 64.1 Å². The van der Waals surface area contributed by atoms with Gasteiger partial charge in [0.05, 0.1) is 0 Å². The van der Waals surface area contributed by atoms with Gasteiger partial charge in [-0.25, -0.2) is 5.48 Å². The first kappa shape index (κ1) is 10.7. The Morgan fingerprint density at radius 1 is 1.42 bits per heavy atom. The molecule has 70 valence electrons. The second kappa shape index (κ2) is 3.90. The fraction of sp³-hybridized carbons (Fsp3) is 0.500. The van der Waals surface area contributed by atoms with E-state index >= 15 is 0 Å². The molecule has 1 amide bonds. The molecule has 0 aliphatic heterocycles. The van der Waals surface area contributed by atoms with Crippen LogP contribution in [0, 0.1) is 0 Å². The summed E-state index contributed by atoms with van der Waals surface area (Å²) in [5, 5.41) is 7.92. The number of aliphatic carboxylic acids is 1. The first-order valence-corrected chi connectivity index (χ1v) is 2.56. The van der Waals surface area contributed by atoms with Gasteiger partial charge in [-0.15, -0.1) is 13.2 Å². The molecule has 2 N–H and O–H groups in total. The third kappa shape index (κ3) is 6.81.